The molecule has 0 aliphatic carbocycles. The van der Waals surface area contributed by atoms with Crippen LogP contribution < -0.4 is 25.6 Å². The van der Waals surface area contributed by atoms with Crippen molar-refractivity contribution in [2.45, 2.75) is 39.5 Å². The van der Waals surface area contributed by atoms with Crippen molar-refractivity contribution in [3.8, 4) is 11.5 Å². The van der Waals surface area contributed by atoms with Crippen LogP contribution in [0.15, 0.2) is 45.3 Å². The van der Waals surface area contributed by atoms with E-state index in [0.29, 0.717) is 28.1 Å². The molecular formula is C23H27Br2N3O4S. The number of benzene rings is 2. The fraction of sp³-hybridized carbons (Fsp3) is 0.348. The van der Waals surface area contributed by atoms with Crippen LogP contribution in [0.5, 0.6) is 11.5 Å². The predicted molar refractivity (Wildman–Crippen MR) is 140 cm³/mol. The fourth-order valence-electron chi connectivity index (χ4n) is 2.57. The zero-order chi connectivity index (χ0) is 24.6. The van der Waals surface area contributed by atoms with E-state index < -0.39 is 11.8 Å². The Bertz CT molecular complexity index is 1030. The summed E-state index contributed by atoms with van der Waals surface area (Å²) in [4.78, 5) is 24.5. The number of rotatable bonds is 7. The van der Waals surface area contributed by atoms with Crippen LogP contribution >= 0.6 is 44.1 Å². The maximum absolute atomic E-state index is 12.4. The van der Waals surface area contributed by atoms with E-state index in [-0.39, 0.29) is 17.1 Å². The van der Waals surface area contributed by atoms with E-state index in [9.17, 15) is 9.59 Å². The van der Waals surface area contributed by atoms with E-state index in [1.54, 1.807) is 18.2 Å². The highest BCUT2D eigenvalue weighted by Crippen LogP contribution is 2.31. The average molecular weight is 601 g/mol. The van der Waals surface area contributed by atoms with E-state index in [0.717, 1.165) is 16.5 Å². The summed E-state index contributed by atoms with van der Waals surface area (Å²) < 4.78 is 12.5. The minimum Gasteiger partial charge on any atom is -0.492 e. The minimum atomic E-state index is -0.460. The predicted octanol–water partition coefficient (Wildman–Crippen LogP) is 5.01. The molecule has 33 heavy (non-hydrogen) atoms. The lowest BCUT2D eigenvalue weighted by Gasteiger charge is -2.20. The molecule has 0 saturated heterocycles. The number of hydrogen-bond donors (Lipinski definition) is 3. The van der Waals surface area contributed by atoms with Gasteiger partial charge in [0.05, 0.1) is 15.6 Å². The molecule has 0 bridgehead atoms. The molecule has 178 valence electrons. The van der Waals surface area contributed by atoms with Crippen molar-refractivity contribution >= 4 is 61.0 Å². The highest BCUT2D eigenvalue weighted by Gasteiger charge is 2.16. The highest BCUT2D eigenvalue weighted by molar-refractivity contribution is 9.10. The first-order valence-electron chi connectivity index (χ1n) is 10.3. The van der Waals surface area contributed by atoms with Gasteiger partial charge in [0.25, 0.3) is 11.8 Å². The maximum Gasteiger partial charge on any atom is 0.276 e. The molecule has 2 aromatic rings. The van der Waals surface area contributed by atoms with Gasteiger partial charge in [0.2, 0.25) is 0 Å². The molecule has 0 saturated carbocycles. The molecule has 0 aliphatic rings. The summed E-state index contributed by atoms with van der Waals surface area (Å²) in [5.74, 6) is 0.314. The van der Waals surface area contributed by atoms with Gasteiger partial charge in [-0.3, -0.25) is 25.8 Å². The van der Waals surface area contributed by atoms with Crippen LogP contribution in [0, 0.1) is 0 Å². The smallest absolute Gasteiger partial charge is 0.276 e. The lowest BCUT2D eigenvalue weighted by atomic mass is 9.87. The number of carbonyl (C=O) groups excluding carboxylic acids is 2. The van der Waals surface area contributed by atoms with Crippen molar-refractivity contribution in [1.82, 2.24) is 16.2 Å². The van der Waals surface area contributed by atoms with E-state index >= 15 is 0 Å². The number of halogens is 2. The molecule has 7 nitrogen and oxygen atoms in total. The largest absolute Gasteiger partial charge is 0.492 e. The lowest BCUT2D eigenvalue weighted by Crippen LogP contribution is -2.49. The Morgan fingerprint density at radius 3 is 2.21 bits per heavy atom. The number of ether oxygens (including phenoxy) is 2. The Kier molecular flexibility index (Phi) is 10.1. The van der Waals surface area contributed by atoms with Crippen molar-refractivity contribution < 1.29 is 19.1 Å². The minimum absolute atomic E-state index is 0.00340. The summed E-state index contributed by atoms with van der Waals surface area (Å²) in [6.45, 7) is 8.71. The number of hydrazine groups is 1. The second-order valence-electron chi connectivity index (χ2n) is 8.13. The van der Waals surface area contributed by atoms with Gasteiger partial charge in [0.15, 0.2) is 11.7 Å². The van der Waals surface area contributed by atoms with Gasteiger partial charge in [-0.1, -0.05) is 33.8 Å². The summed E-state index contributed by atoms with van der Waals surface area (Å²) in [6, 6.07) is 10.7. The maximum atomic E-state index is 12.4. The second-order valence-corrected chi connectivity index (χ2v) is 10.3. The normalized spacial score (nSPS) is 10.8. The molecule has 0 fully saturated rings. The third kappa shape index (κ3) is 8.60. The molecule has 0 atom stereocenters. The van der Waals surface area contributed by atoms with E-state index in [1.807, 2.05) is 25.1 Å². The molecule has 0 spiro atoms. The van der Waals surface area contributed by atoms with Gasteiger partial charge in [-0.05, 0) is 91.8 Å². The van der Waals surface area contributed by atoms with Gasteiger partial charge < -0.3 is 9.47 Å². The number of hydrogen-bond acceptors (Lipinski definition) is 5. The molecule has 0 heterocycles. The van der Waals surface area contributed by atoms with Gasteiger partial charge in [0, 0.05) is 5.56 Å². The quantitative estimate of drug-likeness (QED) is 0.306. The lowest BCUT2D eigenvalue weighted by molar-refractivity contribution is -0.123. The Morgan fingerprint density at radius 1 is 0.970 bits per heavy atom. The molecule has 0 unspecified atom stereocenters. The van der Waals surface area contributed by atoms with Gasteiger partial charge in [-0.2, -0.15) is 0 Å². The topological polar surface area (TPSA) is 88.7 Å². The summed E-state index contributed by atoms with van der Waals surface area (Å²) in [6.07, 6.45) is 0.881. The van der Waals surface area contributed by atoms with Crippen molar-refractivity contribution in [3.63, 3.8) is 0 Å². The van der Waals surface area contributed by atoms with Crippen molar-refractivity contribution in [3.05, 3.63) is 56.5 Å². The Morgan fingerprint density at radius 2 is 1.61 bits per heavy atom. The number of carbonyl (C=O) groups is 2. The van der Waals surface area contributed by atoms with Crippen LogP contribution in [0.4, 0.5) is 0 Å². The second kappa shape index (κ2) is 12.3. The first-order valence-corrected chi connectivity index (χ1v) is 12.3. The first-order chi connectivity index (χ1) is 15.5. The van der Waals surface area contributed by atoms with Crippen molar-refractivity contribution in [2.75, 3.05) is 13.2 Å². The van der Waals surface area contributed by atoms with Crippen LogP contribution in [0.2, 0.25) is 0 Å². The molecule has 0 aromatic heterocycles. The molecule has 10 heteroatoms. The standard InChI is InChI=1S/C23H27Br2N3O4S/c1-5-10-31-18-8-6-14(11-16(18)24)21(30)26-22(33)28-27-20(29)13-32-19-9-7-15(12-17(19)25)23(2,3)4/h6-9,11-12H,5,10,13H2,1-4H3,(H,27,29)(H2,26,28,30,33). The van der Waals surface area contributed by atoms with E-state index in [1.165, 1.54) is 0 Å². The summed E-state index contributed by atoms with van der Waals surface area (Å²) >= 11 is 11.9. The summed E-state index contributed by atoms with van der Waals surface area (Å²) in [5, 5.41) is 2.45. The highest BCUT2D eigenvalue weighted by atomic mass is 79.9. The fourth-order valence-corrected chi connectivity index (χ4v) is 3.70. The first kappa shape index (κ1) is 27.1. The molecule has 0 aliphatic heterocycles. The molecular weight excluding hydrogens is 574 g/mol. The molecule has 3 N–H and O–H groups in total. The SMILES string of the molecule is CCCOc1ccc(C(=O)NC(=S)NNC(=O)COc2ccc(C(C)(C)C)cc2Br)cc1Br. The van der Waals surface area contributed by atoms with Crippen LogP contribution in [0.25, 0.3) is 0 Å². The zero-order valence-electron chi connectivity index (χ0n) is 18.9. The van der Waals surface area contributed by atoms with Gasteiger partial charge in [-0.15, -0.1) is 0 Å². The van der Waals surface area contributed by atoms with Crippen LogP contribution in [0.3, 0.4) is 0 Å². The molecule has 2 amide bonds. The third-order valence-corrected chi connectivity index (χ3v) is 5.80. The number of nitrogens with one attached hydrogen (secondary N) is 3. The third-order valence-electron chi connectivity index (χ3n) is 4.35. The van der Waals surface area contributed by atoms with E-state index in [4.69, 9.17) is 21.7 Å². The van der Waals surface area contributed by atoms with E-state index in [2.05, 4.69) is 68.8 Å². The zero-order valence-corrected chi connectivity index (χ0v) is 22.9. The molecule has 0 radical (unpaired) electrons. The molecule has 2 aromatic carbocycles. The Labute approximate surface area is 216 Å². The number of amides is 2. The van der Waals surface area contributed by atoms with Crippen molar-refractivity contribution in [2.24, 2.45) is 0 Å². The molecule has 2 rings (SSSR count). The summed E-state index contributed by atoms with van der Waals surface area (Å²) in [7, 11) is 0. The van der Waals surface area contributed by atoms with Crippen molar-refractivity contribution in [1.29, 1.82) is 0 Å². The average Bonchev–Trinajstić information content (AvgIpc) is 2.75. The van der Waals surface area contributed by atoms with Crippen LogP contribution in [-0.2, 0) is 10.2 Å². The number of thiocarbonyl (C=S) groups is 1. The van der Waals surface area contributed by atoms with Gasteiger partial charge >= 0.3 is 0 Å². The monoisotopic (exact) mass is 599 g/mol. The van der Waals surface area contributed by atoms with Crippen LogP contribution in [-0.4, -0.2) is 30.1 Å². The van der Waals surface area contributed by atoms with Crippen LogP contribution in [0.1, 0.15) is 50.0 Å². The van der Waals surface area contributed by atoms with Gasteiger partial charge in [-0.25, -0.2) is 0 Å². The Balaban J connectivity index is 1.80. The summed E-state index contributed by atoms with van der Waals surface area (Å²) in [5.41, 5.74) is 6.41. The van der Waals surface area contributed by atoms with Gasteiger partial charge in [0.1, 0.15) is 11.5 Å². The Hall–Kier alpha value is -2.17.